The molecule has 0 aliphatic rings. The molecule has 4 aromatic rings. The van der Waals surface area contributed by atoms with Crippen LogP contribution in [0.5, 0.6) is 6.01 Å². The molecule has 31 heavy (non-hydrogen) atoms. The maximum Gasteiger partial charge on any atom is 0.336 e. The number of halogens is 1. The number of aryl methyl sites for hydroxylation is 1. The van der Waals surface area contributed by atoms with Crippen molar-refractivity contribution < 1.29 is 13.9 Å². The zero-order valence-corrected chi connectivity index (χ0v) is 17.2. The molecule has 156 valence electrons. The zero-order valence-electron chi connectivity index (χ0n) is 17.2. The van der Waals surface area contributed by atoms with Gasteiger partial charge in [-0.2, -0.15) is 4.98 Å². The van der Waals surface area contributed by atoms with Crippen molar-refractivity contribution in [3.05, 3.63) is 89.7 Å². The molecule has 0 atom stereocenters. The quantitative estimate of drug-likeness (QED) is 0.479. The van der Waals surface area contributed by atoms with Gasteiger partial charge < -0.3 is 10.1 Å². The molecule has 0 radical (unpaired) electrons. The molecule has 3 aromatic carbocycles. The second-order valence-electron chi connectivity index (χ2n) is 6.94. The van der Waals surface area contributed by atoms with Crippen LogP contribution in [0.2, 0.25) is 0 Å². The number of hydrogen-bond donors (Lipinski definition) is 1. The SMILES string of the molecule is CCOc1nc(-c2ccc(F)cc2)n(-c2cccc(NC(=O)c3ccc(C)cc3)c2)n1. The maximum atomic E-state index is 13.4. The molecule has 1 N–H and O–H groups in total. The first-order valence-corrected chi connectivity index (χ1v) is 9.88. The Bertz CT molecular complexity index is 1200. The third-order valence-electron chi connectivity index (χ3n) is 4.63. The minimum absolute atomic E-state index is 0.204. The Kier molecular flexibility index (Phi) is 5.75. The molecule has 1 aromatic heterocycles. The molecule has 0 saturated carbocycles. The van der Waals surface area contributed by atoms with Crippen molar-refractivity contribution in [2.45, 2.75) is 13.8 Å². The first-order valence-electron chi connectivity index (χ1n) is 9.88. The standard InChI is InChI=1S/C24H21FN4O2/c1-3-31-24-27-22(17-11-13-19(25)14-12-17)29(28-24)21-6-4-5-20(15-21)26-23(30)18-9-7-16(2)8-10-18/h4-15H,3H2,1-2H3,(H,26,30). The summed E-state index contributed by atoms with van der Waals surface area (Å²) in [5, 5.41) is 7.34. The Balaban J connectivity index is 1.67. The first kappa shape index (κ1) is 20.3. The molecular weight excluding hydrogens is 395 g/mol. The molecule has 0 saturated heterocycles. The smallest absolute Gasteiger partial charge is 0.336 e. The monoisotopic (exact) mass is 416 g/mol. The summed E-state index contributed by atoms with van der Waals surface area (Å²) >= 11 is 0. The number of aromatic nitrogens is 3. The molecule has 1 heterocycles. The summed E-state index contributed by atoms with van der Waals surface area (Å²) in [6, 6.07) is 20.8. The van der Waals surface area contributed by atoms with E-state index in [-0.39, 0.29) is 17.7 Å². The van der Waals surface area contributed by atoms with Gasteiger partial charge in [-0.3, -0.25) is 4.79 Å². The third kappa shape index (κ3) is 4.61. The molecule has 7 heteroatoms. The van der Waals surface area contributed by atoms with Crippen molar-refractivity contribution in [3.63, 3.8) is 0 Å². The van der Waals surface area contributed by atoms with Gasteiger partial charge in [0.05, 0.1) is 12.3 Å². The summed E-state index contributed by atoms with van der Waals surface area (Å²) in [5.74, 6) is -0.0318. The molecule has 4 rings (SSSR count). The number of nitrogens with one attached hydrogen (secondary N) is 1. The Morgan fingerprint density at radius 3 is 2.52 bits per heavy atom. The predicted octanol–water partition coefficient (Wildman–Crippen LogP) is 5.03. The lowest BCUT2D eigenvalue weighted by molar-refractivity contribution is 0.102. The zero-order chi connectivity index (χ0) is 21.8. The van der Waals surface area contributed by atoms with Gasteiger partial charge in [0.2, 0.25) is 0 Å². The number of anilines is 1. The van der Waals surface area contributed by atoms with Gasteiger partial charge in [0.15, 0.2) is 5.82 Å². The summed E-state index contributed by atoms with van der Waals surface area (Å²) in [6.45, 7) is 4.23. The van der Waals surface area contributed by atoms with Crippen molar-refractivity contribution >= 4 is 11.6 Å². The number of amides is 1. The van der Waals surface area contributed by atoms with E-state index in [1.807, 2.05) is 38.1 Å². The minimum Gasteiger partial charge on any atom is -0.463 e. The van der Waals surface area contributed by atoms with E-state index in [9.17, 15) is 9.18 Å². The Labute approximate surface area is 179 Å². The number of ether oxygens (including phenoxy) is 1. The number of nitrogens with zero attached hydrogens (tertiary/aromatic N) is 3. The van der Waals surface area contributed by atoms with Crippen molar-refractivity contribution in [2.24, 2.45) is 0 Å². The lowest BCUT2D eigenvalue weighted by atomic mass is 10.1. The average molecular weight is 416 g/mol. The van der Waals surface area contributed by atoms with E-state index >= 15 is 0 Å². The molecule has 0 aliphatic heterocycles. The molecule has 0 fully saturated rings. The van der Waals surface area contributed by atoms with E-state index in [4.69, 9.17) is 4.74 Å². The Hall–Kier alpha value is -4.00. The second-order valence-corrected chi connectivity index (χ2v) is 6.94. The van der Waals surface area contributed by atoms with Crippen molar-refractivity contribution in [3.8, 4) is 23.1 Å². The normalized spacial score (nSPS) is 10.7. The molecular formula is C24H21FN4O2. The summed E-state index contributed by atoms with van der Waals surface area (Å²) in [6.07, 6.45) is 0. The van der Waals surface area contributed by atoms with Gasteiger partial charge in [-0.15, -0.1) is 5.10 Å². The highest BCUT2D eigenvalue weighted by Crippen LogP contribution is 2.25. The van der Waals surface area contributed by atoms with Crippen LogP contribution < -0.4 is 10.1 Å². The van der Waals surface area contributed by atoms with E-state index in [1.165, 1.54) is 12.1 Å². The topological polar surface area (TPSA) is 69.0 Å². The molecule has 0 unspecified atom stereocenters. The fraction of sp³-hybridized carbons (Fsp3) is 0.125. The second kappa shape index (κ2) is 8.79. The summed E-state index contributed by atoms with van der Waals surface area (Å²) in [5.41, 5.74) is 3.64. The Morgan fingerprint density at radius 1 is 1.06 bits per heavy atom. The third-order valence-corrected chi connectivity index (χ3v) is 4.63. The number of rotatable bonds is 6. The van der Waals surface area contributed by atoms with Crippen LogP contribution in [0.4, 0.5) is 10.1 Å². The van der Waals surface area contributed by atoms with Gasteiger partial charge in [-0.1, -0.05) is 23.8 Å². The van der Waals surface area contributed by atoms with Crippen LogP contribution in [-0.4, -0.2) is 27.3 Å². The van der Waals surface area contributed by atoms with Crippen LogP contribution in [0.3, 0.4) is 0 Å². The van der Waals surface area contributed by atoms with Gasteiger partial charge in [-0.05, 0) is 68.4 Å². The van der Waals surface area contributed by atoms with Crippen LogP contribution in [0, 0.1) is 12.7 Å². The lowest BCUT2D eigenvalue weighted by Gasteiger charge is -2.09. The number of hydrogen-bond acceptors (Lipinski definition) is 4. The van der Waals surface area contributed by atoms with Crippen molar-refractivity contribution in [1.82, 2.24) is 14.8 Å². The molecule has 1 amide bonds. The van der Waals surface area contributed by atoms with Crippen LogP contribution in [0.1, 0.15) is 22.8 Å². The van der Waals surface area contributed by atoms with E-state index in [0.29, 0.717) is 34.9 Å². The first-order chi connectivity index (χ1) is 15.0. The summed E-state index contributed by atoms with van der Waals surface area (Å²) < 4.78 is 20.5. The van der Waals surface area contributed by atoms with Crippen LogP contribution in [-0.2, 0) is 0 Å². The highest BCUT2D eigenvalue weighted by atomic mass is 19.1. The molecule has 0 bridgehead atoms. The van der Waals surface area contributed by atoms with E-state index in [2.05, 4.69) is 15.4 Å². The van der Waals surface area contributed by atoms with Crippen LogP contribution in [0.25, 0.3) is 17.1 Å². The maximum absolute atomic E-state index is 13.4. The van der Waals surface area contributed by atoms with Crippen molar-refractivity contribution in [1.29, 1.82) is 0 Å². The van der Waals surface area contributed by atoms with Gasteiger partial charge in [0.25, 0.3) is 5.91 Å². The predicted molar refractivity (Wildman–Crippen MR) is 117 cm³/mol. The fourth-order valence-electron chi connectivity index (χ4n) is 3.07. The van der Waals surface area contributed by atoms with Crippen LogP contribution >= 0.6 is 0 Å². The highest BCUT2D eigenvalue weighted by molar-refractivity contribution is 6.04. The minimum atomic E-state index is -0.333. The largest absolute Gasteiger partial charge is 0.463 e. The lowest BCUT2D eigenvalue weighted by Crippen LogP contribution is -2.12. The number of carbonyl (C=O) groups is 1. The Morgan fingerprint density at radius 2 is 1.81 bits per heavy atom. The van der Waals surface area contributed by atoms with Crippen molar-refractivity contribution in [2.75, 3.05) is 11.9 Å². The number of benzene rings is 3. The van der Waals surface area contributed by atoms with E-state index in [1.54, 1.807) is 41.1 Å². The van der Waals surface area contributed by atoms with E-state index < -0.39 is 0 Å². The molecule has 6 nitrogen and oxygen atoms in total. The number of carbonyl (C=O) groups excluding carboxylic acids is 1. The summed E-state index contributed by atoms with van der Waals surface area (Å²) in [4.78, 5) is 17.0. The molecule has 0 aliphatic carbocycles. The fourth-order valence-corrected chi connectivity index (χ4v) is 3.07. The molecule has 0 spiro atoms. The van der Waals surface area contributed by atoms with Gasteiger partial charge >= 0.3 is 6.01 Å². The van der Waals surface area contributed by atoms with Gasteiger partial charge in [0, 0.05) is 16.8 Å². The average Bonchev–Trinajstić information content (AvgIpc) is 3.19. The summed E-state index contributed by atoms with van der Waals surface area (Å²) in [7, 11) is 0. The van der Waals surface area contributed by atoms with Crippen LogP contribution in [0.15, 0.2) is 72.8 Å². The van der Waals surface area contributed by atoms with Gasteiger partial charge in [0.1, 0.15) is 5.82 Å². The van der Waals surface area contributed by atoms with E-state index in [0.717, 1.165) is 5.56 Å². The van der Waals surface area contributed by atoms with Gasteiger partial charge in [-0.25, -0.2) is 9.07 Å². The highest BCUT2D eigenvalue weighted by Gasteiger charge is 2.15.